The zero-order valence-electron chi connectivity index (χ0n) is 11.9. The second kappa shape index (κ2) is 6.66. The van der Waals surface area contributed by atoms with Gasteiger partial charge in [-0.3, -0.25) is 0 Å². The van der Waals surface area contributed by atoms with Crippen LogP contribution in [0, 0.1) is 6.92 Å². The van der Waals surface area contributed by atoms with Crippen molar-refractivity contribution in [3.05, 3.63) is 52.0 Å². The lowest BCUT2D eigenvalue weighted by Crippen LogP contribution is -2.01. The van der Waals surface area contributed by atoms with Crippen molar-refractivity contribution in [1.29, 1.82) is 0 Å². The summed E-state index contributed by atoms with van der Waals surface area (Å²) in [5.74, 6) is 1.44. The average Bonchev–Trinajstić information content (AvgIpc) is 2.46. The van der Waals surface area contributed by atoms with Gasteiger partial charge >= 0.3 is 0 Å². The van der Waals surface area contributed by atoms with Crippen molar-refractivity contribution in [2.75, 3.05) is 19.5 Å². The molecule has 106 valence electrons. The predicted molar refractivity (Wildman–Crippen MR) is 85.8 cm³/mol. The standard InChI is InChI=1S/C16H18BrNO2/c1-11-4-6-13(7-5-11)18-10-12-8-14(17)16(20-3)15(9-12)19-2/h4-9,18H,10H2,1-3H3. The first-order valence-corrected chi connectivity index (χ1v) is 7.14. The molecular formula is C16H18BrNO2. The van der Waals surface area contributed by atoms with Gasteiger partial charge < -0.3 is 14.8 Å². The minimum atomic E-state index is 0.714. The van der Waals surface area contributed by atoms with Crippen molar-refractivity contribution < 1.29 is 9.47 Å². The van der Waals surface area contributed by atoms with Crippen LogP contribution in [0.3, 0.4) is 0 Å². The number of hydrogen-bond acceptors (Lipinski definition) is 3. The van der Waals surface area contributed by atoms with Gasteiger partial charge in [-0.05, 0) is 52.7 Å². The highest BCUT2D eigenvalue weighted by Crippen LogP contribution is 2.36. The summed E-state index contributed by atoms with van der Waals surface area (Å²) in [7, 11) is 3.27. The van der Waals surface area contributed by atoms with Crippen LogP contribution in [0.15, 0.2) is 40.9 Å². The van der Waals surface area contributed by atoms with Crippen LogP contribution >= 0.6 is 15.9 Å². The van der Waals surface area contributed by atoms with Gasteiger partial charge in [-0.15, -0.1) is 0 Å². The first-order chi connectivity index (χ1) is 9.63. The molecule has 0 amide bonds. The summed E-state index contributed by atoms with van der Waals surface area (Å²) in [4.78, 5) is 0. The van der Waals surface area contributed by atoms with Gasteiger partial charge in [0.1, 0.15) is 0 Å². The quantitative estimate of drug-likeness (QED) is 0.879. The molecule has 0 saturated carbocycles. The number of hydrogen-bond donors (Lipinski definition) is 1. The Morgan fingerprint density at radius 3 is 2.35 bits per heavy atom. The Kier molecular flexibility index (Phi) is 4.90. The molecule has 2 aromatic carbocycles. The third-order valence-electron chi connectivity index (χ3n) is 3.04. The highest BCUT2D eigenvalue weighted by Gasteiger charge is 2.10. The summed E-state index contributed by atoms with van der Waals surface area (Å²) in [6, 6.07) is 12.3. The SMILES string of the molecule is COc1cc(CNc2ccc(C)cc2)cc(Br)c1OC. The second-order valence-corrected chi connectivity index (χ2v) is 5.39. The van der Waals surface area contributed by atoms with Crippen LogP contribution in [0.1, 0.15) is 11.1 Å². The Hall–Kier alpha value is -1.68. The van der Waals surface area contributed by atoms with E-state index in [1.807, 2.05) is 12.1 Å². The number of ether oxygens (including phenoxy) is 2. The van der Waals surface area contributed by atoms with Crippen molar-refractivity contribution in [3.63, 3.8) is 0 Å². The van der Waals surface area contributed by atoms with Crippen LogP contribution in [0.5, 0.6) is 11.5 Å². The van der Waals surface area contributed by atoms with Crippen molar-refractivity contribution in [2.45, 2.75) is 13.5 Å². The first kappa shape index (κ1) is 14.7. The second-order valence-electron chi connectivity index (χ2n) is 4.53. The molecule has 2 aromatic rings. The van der Waals surface area contributed by atoms with Gasteiger partial charge in [0, 0.05) is 12.2 Å². The van der Waals surface area contributed by atoms with Crippen LogP contribution < -0.4 is 14.8 Å². The zero-order valence-corrected chi connectivity index (χ0v) is 13.5. The molecular weight excluding hydrogens is 318 g/mol. The minimum absolute atomic E-state index is 0.714. The molecule has 1 N–H and O–H groups in total. The Morgan fingerprint density at radius 2 is 1.75 bits per heavy atom. The number of methoxy groups -OCH3 is 2. The molecule has 0 aliphatic rings. The lowest BCUT2D eigenvalue weighted by atomic mass is 10.2. The molecule has 0 radical (unpaired) electrons. The van der Waals surface area contributed by atoms with E-state index in [9.17, 15) is 0 Å². The van der Waals surface area contributed by atoms with E-state index in [1.165, 1.54) is 5.56 Å². The number of nitrogens with one attached hydrogen (secondary N) is 1. The van der Waals surface area contributed by atoms with Crippen LogP contribution in [0.2, 0.25) is 0 Å². The molecule has 0 atom stereocenters. The molecule has 0 saturated heterocycles. The van der Waals surface area contributed by atoms with E-state index in [-0.39, 0.29) is 0 Å². The van der Waals surface area contributed by atoms with Crippen molar-refractivity contribution in [3.8, 4) is 11.5 Å². The van der Waals surface area contributed by atoms with Crippen molar-refractivity contribution >= 4 is 21.6 Å². The Labute approximate surface area is 128 Å². The molecule has 0 aliphatic carbocycles. The van der Waals surface area contributed by atoms with E-state index in [1.54, 1.807) is 14.2 Å². The van der Waals surface area contributed by atoms with E-state index >= 15 is 0 Å². The van der Waals surface area contributed by atoms with Gasteiger partial charge in [0.05, 0.1) is 18.7 Å². The Bertz CT molecular complexity index is 582. The highest BCUT2D eigenvalue weighted by atomic mass is 79.9. The molecule has 3 nitrogen and oxygen atoms in total. The summed E-state index contributed by atoms with van der Waals surface area (Å²) in [5.41, 5.74) is 3.47. The Balaban J connectivity index is 2.13. The monoisotopic (exact) mass is 335 g/mol. The summed E-state index contributed by atoms with van der Waals surface area (Å²) >= 11 is 3.50. The van der Waals surface area contributed by atoms with E-state index < -0.39 is 0 Å². The first-order valence-electron chi connectivity index (χ1n) is 6.35. The predicted octanol–water partition coefficient (Wildman–Crippen LogP) is 4.39. The fraction of sp³-hybridized carbons (Fsp3) is 0.250. The summed E-state index contributed by atoms with van der Waals surface area (Å²) < 4.78 is 11.5. The highest BCUT2D eigenvalue weighted by molar-refractivity contribution is 9.10. The summed E-state index contributed by atoms with van der Waals surface area (Å²) in [6.45, 7) is 2.80. The third-order valence-corrected chi connectivity index (χ3v) is 3.63. The molecule has 2 rings (SSSR count). The molecule has 20 heavy (non-hydrogen) atoms. The molecule has 0 fully saturated rings. The van der Waals surface area contributed by atoms with Gasteiger partial charge in [0.2, 0.25) is 0 Å². The van der Waals surface area contributed by atoms with E-state index in [0.29, 0.717) is 5.75 Å². The lowest BCUT2D eigenvalue weighted by molar-refractivity contribution is 0.352. The minimum Gasteiger partial charge on any atom is -0.493 e. The van der Waals surface area contributed by atoms with E-state index in [4.69, 9.17) is 9.47 Å². The number of rotatable bonds is 5. The topological polar surface area (TPSA) is 30.5 Å². The van der Waals surface area contributed by atoms with Crippen LogP contribution in [0.4, 0.5) is 5.69 Å². The maximum atomic E-state index is 5.34. The van der Waals surface area contributed by atoms with E-state index in [0.717, 1.165) is 28.0 Å². The number of halogens is 1. The summed E-state index contributed by atoms with van der Waals surface area (Å²) in [6.07, 6.45) is 0. The molecule has 0 aromatic heterocycles. The van der Waals surface area contributed by atoms with Crippen LogP contribution in [0.25, 0.3) is 0 Å². The van der Waals surface area contributed by atoms with Gasteiger partial charge in [-0.2, -0.15) is 0 Å². The van der Waals surface area contributed by atoms with Gasteiger partial charge in [0.15, 0.2) is 11.5 Å². The number of benzene rings is 2. The molecule has 0 bridgehead atoms. The van der Waals surface area contributed by atoms with E-state index in [2.05, 4.69) is 52.4 Å². The number of anilines is 1. The molecule has 0 spiro atoms. The Morgan fingerprint density at radius 1 is 1.05 bits per heavy atom. The normalized spacial score (nSPS) is 10.2. The fourth-order valence-electron chi connectivity index (χ4n) is 1.95. The van der Waals surface area contributed by atoms with Gasteiger partial charge in [-0.25, -0.2) is 0 Å². The molecule has 0 unspecified atom stereocenters. The largest absolute Gasteiger partial charge is 0.493 e. The molecule has 4 heteroatoms. The third kappa shape index (κ3) is 3.45. The average molecular weight is 336 g/mol. The zero-order chi connectivity index (χ0) is 14.5. The maximum Gasteiger partial charge on any atom is 0.174 e. The smallest absolute Gasteiger partial charge is 0.174 e. The maximum absolute atomic E-state index is 5.34. The molecule has 0 heterocycles. The van der Waals surface area contributed by atoms with Crippen molar-refractivity contribution in [2.24, 2.45) is 0 Å². The van der Waals surface area contributed by atoms with Crippen LogP contribution in [-0.2, 0) is 6.54 Å². The van der Waals surface area contributed by atoms with Gasteiger partial charge in [-0.1, -0.05) is 17.7 Å². The fourth-order valence-corrected chi connectivity index (χ4v) is 2.60. The summed E-state index contributed by atoms with van der Waals surface area (Å²) in [5, 5.41) is 3.39. The molecule has 0 aliphatic heterocycles. The van der Waals surface area contributed by atoms with Gasteiger partial charge in [0.25, 0.3) is 0 Å². The number of aryl methyl sites for hydroxylation is 1. The van der Waals surface area contributed by atoms with Crippen LogP contribution in [-0.4, -0.2) is 14.2 Å². The lowest BCUT2D eigenvalue weighted by Gasteiger charge is -2.13. The van der Waals surface area contributed by atoms with Crippen molar-refractivity contribution in [1.82, 2.24) is 0 Å².